The van der Waals surface area contributed by atoms with Crippen molar-refractivity contribution in [3.63, 3.8) is 0 Å². The molecule has 2 N–H and O–H groups in total. The van der Waals surface area contributed by atoms with Gasteiger partial charge in [0.2, 0.25) is 5.96 Å². The van der Waals surface area contributed by atoms with Gasteiger partial charge in [-0.25, -0.2) is 4.99 Å². The zero-order chi connectivity index (χ0) is 24.9. The fourth-order valence-corrected chi connectivity index (χ4v) is 3.72. The van der Waals surface area contributed by atoms with Crippen molar-refractivity contribution in [2.45, 2.75) is 60.0 Å². The number of nitrogens with one attached hydrogen (secondary N) is 2. The number of aryl methyl sites for hydroxylation is 2. The van der Waals surface area contributed by atoms with Crippen molar-refractivity contribution in [2.24, 2.45) is 4.99 Å². The van der Waals surface area contributed by atoms with Crippen LogP contribution in [-0.2, 0) is 18.5 Å². The normalized spacial score (nSPS) is 11.9. The first kappa shape index (κ1) is 25.0. The molecule has 0 aliphatic carbocycles. The van der Waals surface area contributed by atoms with Gasteiger partial charge in [-0.2, -0.15) is 5.10 Å². The lowest BCUT2D eigenvalue weighted by Gasteiger charge is -2.19. The molecule has 2 aromatic carbocycles. The Morgan fingerprint density at radius 3 is 2.35 bits per heavy atom. The SMILES string of the molecule is CCn1nc(C)c(CN=C(NC(=O)c2ccc(C(C)(C)C)cc2)Nc2ccccc2OC)c1C. The fourth-order valence-electron chi connectivity index (χ4n) is 3.72. The highest BCUT2D eigenvalue weighted by Gasteiger charge is 2.16. The van der Waals surface area contributed by atoms with Crippen LogP contribution in [0.2, 0.25) is 0 Å². The molecule has 0 fully saturated rings. The van der Waals surface area contributed by atoms with Crippen molar-refractivity contribution in [2.75, 3.05) is 12.4 Å². The molecular formula is C27H35N5O2. The maximum absolute atomic E-state index is 13.1. The van der Waals surface area contributed by atoms with Gasteiger partial charge < -0.3 is 10.1 Å². The Bertz CT molecular complexity index is 1170. The molecule has 0 saturated carbocycles. The van der Waals surface area contributed by atoms with Crippen LogP contribution in [0.4, 0.5) is 5.69 Å². The van der Waals surface area contributed by atoms with Crippen LogP contribution in [0, 0.1) is 13.8 Å². The van der Waals surface area contributed by atoms with Gasteiger partial charge in [0.05, 0.1) is 25.0 Å². The lowest BCUT2D eigenvalue weighted by atomic mass is 9.87. The third kappa shape index (κ3) is 5.84. The van der Waals surface area contributed by atoms with Crippen LogP contribution in [0.15, 0.2) is 53.5 Å². The van der Waals surface area contributed by atoms with E-state index < -0.39 is 0 Å². The Morgan fingerprint density at radius 2 is 1.76 bits per heavy atom. The van der Waals surface area contributed by atoms with Crippen molar-refractivity contribution in [1.29, 1.82) is 0 Å². The first-order valence-corrected chi connectivity index (χ1v) is 11.5. The number of ether oxygens (including phenoxy) is 1. The molecule has 0 unspecified atom stereocenters. The predicted octanol–water partition coefficient (Wildman–Crippen LogP) is 5.22. The van der Waals surface area contributed by atoms with Gasteiger partial charge in [-0.1, -0.05) is 45.0 Å². The number of nitrogens with zero attached hydrogens (tertiary/aromatic N) is 3. The first-order chi connectivity index (χ1) is 16.1. The number of aromatic nitrogens is 2. The van der Waals surface area contributed by atoms with Gasteiger partial charge in [0, 0.05) is 23.4 Å². The van der Waals surface area contributed by atoms with Crippen LogP contribution in [0.1, 0.15) is 60.6 Å². The lowest BCUT2D eigenvalue weighted by Crippen LogP contribution is -2.36. The molecule has 0 aliphatic heterocycles. The summed E-state index contributed by atoms with van der Waals surface area (Å²) in [5.41, 5.74) is 5.52. The smallest absolute Gasteiger partial charge is 0.257 e. The Labute approximate surface area is 202 Å². The van der Waals surface area contributed by atoms with Gasteiger partial charge in [0.25, 0.3) is 5.91 Å². The van der Waals surface area contributed by atoms with Gasteiger partial charge in [-0.05, 0) is 56.0 Å². The highest BCUT2D eigenvalue weighted by atomic mass is 16.5. The molecule has 0 atom stereocenters. The average Bonchev–Trinajstić information content (AvgIpc) is 3.09. The minimum atomic E-state index is -0.237. The number of aliphatic imine (C=N–C) groups is 1. The first-order valence-electron chi connectivity index (χ1n) is 11.5. The van der Waals surface area contributed by atoms with Gasteiger partial charge >= 0.3 is 0 Å². The maximum atomic E-state index is 13.1. The van der Waals surface area contributed by atoms with Crippen LogP contribution in [0.3, 0.4) is 0 Å². The van der Waals surface area contributed by atoms with Crippen molar-refractivity contribution in [3.05, 3.63) is 76.6 Å². The van der Waals surface area contributed by atoms with Crippen LogP contribution >= 0.6 is 0 Å². The summed E-state index contributed by atoms with van der Waals surface area (Å²) in [6.45, 7) is 13.7. The fraction of sp³-hybridized carbons (Fsp3) is 0.370. The lowest BCUT2D eigenvalue weighted by molar-refractivity contribution is 0.0977. The molecule has 34 heavy (non-hydrogen) atoms. The Kier molecular flexibility index (Phi) is 7.76. The number of rotatable bonds is 6. The van der Waals surface area contributed by atoms with Gasteiger partial charge in [-0.3, -0.25) is 14.8 Å². The zero-order valence-electron chi connectivity index (χ0n) is 21.2. The molecule has 0 saturated heterocycles. The van der Waals surface area contributed by atoms with Crippen molar-refractivity contribution < 1.29 is 9.53 Å². The number of hydrogen-bond donors (Lipinski definition) is 2. The third-order valence-electron chi connectivity index (χ3n) is 5.83. The van der Waals surface area contributed by atoms with Crippen LogP contribution in [-0.4, -0.2) is 28.8 Å². The van der Waals surface area contributed by atoms with E-state index in [1.807, 2.05) is 67.1 Å². The molecule has 0 spiro atoms. The van der Waals surface area contributed by atoms with Crippen LogP contribution in [0.25, 0.3) is 0 Å². The average molecular weight is 462 g/mol. The topological polar surface area (TPSA) is 80.5 Å². The molecule has 3 rings (SSSR count). The number of benzene rings is 2. The largest absolute Gasteiger partial charge is 0.495 e. The summed E-state index contributed by atoms with van der Waals surface area (Å²) >= 11 is 0. The quantitative estimate of drug-likeness (QED) is 0.389. The van der Waals surface area contributed by atoms with Crippen molar-refractivity contribution >= 4 is 17.6 Å². The van der Waals surface area contributed by atoms with Crippen molar-refractivity contribution in [3.8, 4) is 5.75 Å². The summed E-state index contributed by atoms with van der Waals surface area (Å²) in [5, 5.41) is 10.7. The number of carbonyl (C=O) groups is 1. The molecule has 1 amide bonds. The summed E-state index contributed by atoms with van der Waals surface area (Å²) in [7, 11) is 1.61. The molecule has 3 aromatic rings. The number of amides is 1. The summed E-state index contributed by atoms with van der Waals surface area (Å²) in [6.07, 6.45) is 0. The third-order valence-corrected chi connectivity index (χ3v) is 5.83. The Balaban J connectivity index is 1.89. The number of anilines is 1. The molecule has 180 valence electrons. The van der Waals surface area contributed by atoms with Gasteiger partial charge in [0.1, 0.15) is 5.75 Å². The second-order valence-electron chi connectivity index (χ2n) is 9.24. The molecule has 7 nitrogen and oxygen atoms in total. The number of hydrogen-bond acceptors (Lipinski definition) is 4. The summed E-state index contributed by atoms with van der Waals surface area (Å²) in [4.78, 5) is 17.8. The molecule has 0 radical (unpaired) electrons. The zero-order valence-corrected chi connectivity index (χ0v) is 21.2. The summed E-state index contributed by atoms with van der Waals surface area (Å²) in [6, 6.07) is 15.2. The Hall–Kier alpha value is -3.61. The minimum Gasteiger partial charge on any atom is -0.495 e. The van der Waals surface area contributed by atoms with E-state index in [9.17, 15) is 4.79 Å². The molecule has 0 aliphatic rings. The molecular weight excluding hydrogens is 426 g/mol. The monoisotopic (exact) mass is 461 g/mol. The maximum Gasteiger partial charge on any atom is 0.257 e. The Morgan fingerprint density at radius 1 is 1.09 bits per heavy atom. The van der Waals surface area contributed by atoms with Crippen LogP contribution in [0.5, 0.6) is 5.75 Å². The predicted molar refractivity (Wildman–Crippen MR) is 138 cm³/mol. The van der Waals surface area contributed by atoms with E-state index in [4.69, 9.17) is 9.73 Å². The minimum absolute atomic E-state index is 0.0195. The van der Waals surface area contributed by atoms with E-state index in [1.54, 1.807) is 7.11 Å². The van der Waals surface area contributed by atoms with Gasteiger partial charge in [-0.15, -0.1) is 0 Å². The standard InChI is InChI=1S/C27H35N5O2/c1-8-32-19(3)22(18(2)31-32)17-28-26(29-23-11-9-10-12-24(23)34-7)30-25(33)20-13-15-21(16-14-20)27(4,5)6/h9-16H,8,17H2,1-7H3,(H2,28,29,30,33). The number of para-hydroxylation sites is 2. The van der Waals surface area contributed by atoms with E-state index in [-0.39, 0.29) is 11.3 Å². The summed E-state index contributed by atoms with van der Waals surface area (Å²) < 4.78 is 7.42. The van der Waals surface area contributed by atoms with Gasteiger partial charge in [0.15, 0.2) is 0 Å². The molecule has 7 heteroatoms. The number of methoxy groups -OCH3 is 1. The second kappa shape index (κ2) is 10.5. The van der Waals surface area contributed by atoms with E-state index in [0.717, 1.165) is 23.5 Å². The van der Waals surface area contributed by atoms with E-state index in [0.29, 0.717) is 29.5 Å². The highest BCUT2D eigenvalue weighted by Crippen LogP contribution is 2.24. The number of carbonyl (C=O) groups excluding carboxylic acids is 1. The van der Waals surface area contributed by atoms with E-state index in [2.05, 4.69) is 43.4 Å². The van der Waals surface area contributed by atoms with Crippen LogP contribution < -0.4 is 15.4 Å². The van der Waals surface area contributed by atoms with E-state index in [1.165, 1.54) is 5.56 Å². The summed E-state index contributed by atoms with van der Waals surface area (Å²) in [5.74, 6) is 0.766. The second-order valence-corrected chi connectivity index (χ2v) is 9.24. The number of guanidine groups is 1. The highest BCUT2D eigenvalue weighted by molar-refractivity contribution is 6.10. The van der Waals surface area contributed by atoms with E-state index >= 15 is 0 Å². The van der Waals surface area contributed by atoms with Crippen molar-refractivity contribution in [1.82, 2.24) is 15.1 Å². The molecule has 1 aromatic heterocycles. The molecule has 0 bridgehead atoms. The molecule has 1 heterocycles.